The van der Waals surface area contributed by atoms with Gasteiger partial charge in [-0.05, 0) is 31.0 Å². The van der Waals surface area contributed by atoms with E-state index < -0.39 is 0 Å². The Morgan fingerprint density at radius 3 is 2.54 bits per heavy atom. The van der Waals surface area contributed by atoms with Crippen molar-refractivity contribution in [3.8, 4) is 0 Å². The molecule has 1 N–H and O–H groups in total. The van der Waals surface area contributed by atoms with Gasteiger partial charge in [0, 0.05) is 12.1 Å². The summed E-state index contributed by atoms with van der Waals surface area (Å²) in [5.41, 5.74) is 1.62. The van der Waals surface area contributed by atoms with Gasteiger partial charge in [-0.25, -0.2) is 0 Å². The second kappa shape index (κ2) is 4.65. The molecular weight excluding hydrogens is 162 g/mol. The van der Waals surface area contributed by atoms with Gasteiger partial charge in [0.05, 0.1) is 0 Å². The largest absolute Gasteiger partial charge is 0.352 e. The van der Waals surface area contributed by atoms with Crippen LogP contribution in [0.5, 0.6) is 0 Å². The van der Waals surface area contributed by atoms with Gasteiger partial charge in [0.15, 0.2) is 0 Å². The molecule has 0 fully saturated rings. The Bertz CT molecular complexity index is 277. The van der Waals surface area contributed by atoms with Gasteiger partial charge < -0.3 is 5.32 Å². The van der Waals surface area contributed by atoms with Crippen molar-refractivity contribution in [1.82, 2.24) is 5.32 Å². The first kappa shape index (κ1) is 9.78. The standard InChI is InChI=1S/C11H14NO/c1-3-8-12-11(13)10-6-4-9(2)5-7-10/h4-7H,2-3,8H2,1H3,(H,12,13). The van der Waals surface area contributed by atoms with Gasteiger partial charge in [-0.15, -0.1) is 0 Å². The van der Waals surface area contributed by atoms with Gasteiger partial charge in [0.2, 0.25) is 0 Å². The van der Waals surface area contributed by atoms with E-state index in [0.717, 1.165) is 18.5 Å². The first-order valence-corrected chi connectivity index (χ1v) is 4.44. The fourth-order valence-corrected chi connectivity index (χ4v) is 0.997. The zero-order chi connectivity index (χ0) is 9.68. The van der Waals surface area contributed by atoms with Crippen LogP contribution in [0, 0.1) is 6.92 Å². The third kappa shape index (κ3) is 2.90. The predicted octanol–water partition coefficient (Wildman–Crippen LogP) is 2.01. The molecule has 0 aromatic heterocycles. The first-order chi connectivity index (χ1) is 6.24. The molecule has 0 aliphatic rings. The lowest BCUT2D eigenvalue weighted by atomic mass is 10.1. The molecule has 0 bridgehead atoms. The van der Waals surface area contributed by atoms with Crippen LogP contribution in [-0.2, 0) is 0 Å². The molecule has 0 saturated carbocycles. The molecule has 69 valence electrons. The third-order valence-electron chi connectivity index (χ3n) is 1.75. The molecule has 1 aromatic carbocycles. The van der Waals surface area contributed by atoms with E-state index in [4.69, 9.17) is 0 Å². The van der Waals surface area contributed by atoms with Gasteiger partial charge >= 0.3 is 0 Å². The molecule has 2 heteroatoms. The fourth-order valence-electron chi connectivity index (χ4n) is 0.997. The molecule has 0 atom stereocenters. The number of nitrogens with one attached hydrogen (secondary N) is 1. The zero-order valence-corrected chi connectivity index (χ0v) is 7.84. The quantitative estimate of drug-likeness (QED) is 0.750. The number of carbonyl (C=O) groups excluding carboxylic acids is 1. The van der Waals surface area contributed by atoms with Crippen molar-refractivity contribution in [1.29, 1.82) is 0 Å². The molecule has 0 spiro atoms. The van der Waals surface area contributed by atoms with Gasteiger partial charge in [-0.3, -0.25) is 4.79 Å². The number of benzene rings is 1. The molecule has 1 aromatic rings. The summed E-state index contributed by atoms with van der Waals surface area (Å²) < 4.78 is 0. The second-order valence-electron chi connectivity index (χ2n) is 2.95. The normalized spacial score (nSPS) is 9.69. The van der Waals surface area contributed by atoms with Crippen molar-refractivity contribution in [2.24, 2.45) is 0 Å². The van der Waals surface area contributed by atoms with Crippen LogP contribution >= 0.6 is 0 Å². The second-order valence-corrected chi connectivity index (χ2v) is 2.95. The lowest BCUT2D eigenvalue weighted by Gasteiger charge is -2.02. The van der Waals surface area contributed by atoms with Crippen molar-refractivity contribution in [2.75, 3.05) is 6.54 Å². The average Bonchev–Trinajstić information content (AvgIpc) is 2.15. The number of rotatable bonds is 3. The minimum Gasteiger partial charge on any atom is -0.352 e. The number of hydrogen-bond donors (Lipinski definition) is 1. The number of hydrogen-bond acceptors (Lipinski definition) is 1. The summed E-state index contributed by atoms with van der Waals surface area (Å²) in [6.07, 6.45) is 0.957. The first-order valence-electron chi connectivity index (χ1n) is 4.44. The van der Waals surface area contributed by atoms with E-state index in [2.05, 4.69) is 12.2 Å². The lowest BCUT2D eigenvalue weighted by Crippen LogP contribution is -2.23. The minimum absolute atomic E-state index is 0.0122. The molecule has 1 amide bonds. The molecular formula is C11H14NO. The monoisotopic (exact) mass is 176 g/mol. The predicted molar refractivity (Wildman–Crippen MR) is 53.5 cm³/mol. The maximum absolute atomic E-state index is 11.4. The Kier molecular flexibility index (Phi) is 3.50. The molecule has 0 unspecified atom stereocenters. The minimum atomic E-state index is -0.0122. The average molecular weight is 176 g/mol. The topological polar surface area (TPSA) is 29.1 Å². The van der Waals surface area contributed by atoms with Crippen LogP contribution in [0.1, 0.15) is 29.3 Å². The Hall–Kier alpha value is -1.31. The van der Waals surface area contributed by atoms with E-state index in [-0.39, 0.29) is 5.91 Å². The van der Waals surface area contributed by atoms with Crippen molar-refractivity contribution < 1.29 is 4.79 Å². The summed E-state index contributed by atoms with van der Waals surface area (Å²) in [6.45, 7) is 6.51. The highest BCUT2D eigenvalue weighted by atomic mass is 16.1. The summed E-state index contributed by atoms with van der Waals surface area (Å²) in [5.74, 6) is -0.0122. The Balaban J connectivity index is 2.61. The van der Waals surface area contributed by atoms with Gasteiger partial charge in [-0.1, -0.05) is 19.1 Å². The van der Waals surface area contributed by atoms with Crippen molar-refractivity contribution in [3.05, 3.63) is 42.3 Å². The van der Waals surface area contributed by atoms with Crippen LogP contribution in [0.15, 0.2) is 24.3 Å². The Labute approximate surface area is 79.0 Å². The van der Waals surface area contributed by atoms with Crippen LogP contribution in [0.2, 0.25) is 0 Å². The van der Waals surface area contributed by atoms with E-state index in [1.165, 1.54) is 0 Å². The third-order valence-corrected chi connectivity index (χ3v) is 1.75. The SMILES string of the molecule is [CH2]c1ccc(C(=O)NCCC)cc1. The van der Waals surface area contributed by atoms with E-state index >= 15 is 0 Å². The lowest BCUT2D eigenvalue weighted by molar-refractivity contribution is 0.0953. The molecule has 13 heavy (non-hydrogen) atoms. The highest BCUT2D eigenvalue weighted by Crippen LogP contribution is 2.02. The zero-order valence-electron chi connectivity index (χ0n) is 7.84. The van der Waals surface area contributed by atoms with E-state index in [1.54, 1.807) is 12.1 Å². The summed E-state index contributed by atoms with van der Waals surface area (Å²) in [7, 11) is 0. The summed E-state index contributed by atoms with van der Waals surface area (Å²) in [5, 5.41) is 2.81. The molecule has 2 nitrogen and oxygen atoms in total. The molecule has 0 aliphatic heterocycles. The molecule has 0 saturated heterocycles. The van der Waals surface area contributed by atoms with E-state index in [1.807, 2.05) is 19.1 Å². The van der Waals surface area contributed by atoms with Crippen LogP contribution in [0.4, 0.5) is 0 Å². The van der Waals surface area contributed by atoms with Crippen LogP contribution in [-0.4, -0.2) is 12.5 Å². The van der Waals surface area contributed by atoms with Crippen LogP contribution < -0.4 is 5.32 Å². The molecule has 0 heterocycles. The Morgan fingerprint density at radius 2 is 2.00 bits per heavy atom. The molecule has 1 rings (SSSR count). The van der Waals surface area contributed by atoms with Crippen LogP contribution in [0.25, 0.3) is 0 Å². The van der Waals surface area contributed by atoms with Crippen molar-refractivity contribution >= 4 is 5.91 Å². The van der Waals surface area contributed by atoms with Crippen LogP contribution in [0.3, 0.4) is 0 Å². The molecule has 1 radical (unpaired) electrons. The van der Waals surface area contributed by atoms with E-state index in [9.17, 15) is 4.79 Å². The smallest absolute Gasteiger partial charge is 0.251 e. The van der Waals surface area contributed by atoms with Crippen molar-refractivity contribution in [3.63, 3.8) is 0 Å². The summed E-state index contributed by atoms with van der Waals surface area (Å²) >= 11 is 0. The maximum Gasteiger partial charge on any atom is 0.251 e. The summed E-state index contributed by atoms with van der Waals surface area (Å²) in [6, 6.07) is 7.24. The number of amides is 1. The highest BCUT2D eigenvalue weighted by Gasteiger charge is 2.02. The van der Waals surface area contributed by atoms with Gasteiger partial charge in [0.25, 0.3) is 5.91 Å². The maximum atomic E-state index is 11.4. The van der Waals surface area contributed by atoms with Gasteiger partial charge in [0.1, 0.15) is 0 Å². The molecule has 0 aliphatic carbocycles. The highest BCUT2D eigenvalue weighted by molar-refractivity contribution is 5.94. The summed E-state index contributed by atoms with van der Waals surface area (Å²) in [4.78, 5) is 11.4. The van der Waals surface area contributed by atoms with E-state index in [0.29, 0.717) is 5.56 Å². The van der Waals surface area contributed by atoms with Crippen molar-refractivity contribution in [2.45, 2.75) is 13.3 Å². The Morgan fingerprint density at radius 1 is 1.38 bits per heavy atom. The van der Waals surface area contributed by atoms with Gasteiger partial charge in [-0.2, -0.15) is 0 Å². The fraction of sp³-hybridized carbons (Fsp3) is 0.273. The number of carbonyl (C=O) groups is 1.